The first-order chi connectivity index (χ1) is 12.1. The molecule has 0 heterocycles. The highest BCUT2D eigenvalue weighted by Gasteiger charge is 2.18. The normalized spacial score (nSPS) is 11.7. The van der Waals surface area contributed by atoms with Crippen molar-refractivity contribution in [3.63, 3.8) is 0 Å². The van der Waals surface area contributed by atoms with Gasteiger partial charge < -0.3 is 10.0 Å². The van der Waals surface area contributed by atoms with Gasteiger partial charge in [0.05, 0.1) is 11.0 Å². The number of amides is 1. The van der Waals surface area contributed by atoms with Crippen LogP contribution in [-0.2, 0) is 22.6 Å². The van der Waals surface area contributed by atoms with Gasteiger partial charge in [-0.15, -0.1) is 11.8 Å². The number of carbonyl (C=O) groups is 2. The summed E-state index contributed by atoms with van der Waals surface area (Å²) in [5.41, 5.74) is 2.25. The second-order valence-electron chi connectivity index (χ2n) is 5.83. The standard InChI is InChI=1S/C20H23NO3S/c1-16(20(23)24)25-15-19(22)21(14-18-10-6-3-7-11-18)13-12-17-8-4-2-5-9-17/h2-11,16H,12-15H2,1H3,(H,23,24)/t16-/m0/s1. The lowest BCUT2D eigenvalue weighted by Gasteiger charge is -2.23. The van der Waals surface area contributed by atoms with Gasteiger partial charge >= 0.3 is 5.97 Å². The number of carboxylic acids is 1. The summed E-state index contributed by atoms with van der Waals surface area (Å²) in [6.45, 7) is 2.75. The Balaban J connectivity index is 2.00. The van der Waals surface area contributed by atoms with Crippen LogP contribution in [0.5, 0.6) is 0 Å². The average Bonchev–Trinajstić information content (AvgIpc) is 2.64. The van der Waals surface area contributed by atoms with Gasteiger partial charge in [0.2, 0.25) is 5.91 Å². The Morgan fingerprint density at radius 1 is 1.00 bits per heavy atom. The summed E-state index contributed by atoms with van der Waals surface area (Å²) in [6, 6.07) is 19.9. The predicted molar refractivity (Wildman–Crippen MR) is 102 cm³/mol. The van der Waals surface area contributed by atoms with Crippen molar-refractivity contribution in [2.45, 2.75) is 25.1 Å². The fourth-order valence-electron chi connectivity index (χ4n) is 2.36. The number of benzene rings is 2. The van der Waals surface area contributed by atoms with Gasteiger partial charge in [0, 0.05) is 13.1 Å². The second-order valence-corrected chi connectivity index (χ2v) is 7.16. The van der Waals surface area contributed by atoms with Crippen molar-refractivity contribution in [3.8, 4) is 0 Å². The molecule has 0 fully saturated rings. The zero-order valence-electron chi connectivity index (χ0n) is 14.3. The highest BCUT2D eigenvalue weighted by molar-refractivity contribution is 8.01. The number of thioether (sulfide) groups is 1. The van der Waals surface area contributed by atoms with Crippen LogP contribution in [0.2, 0.25) is 0 Å². The summed E-state index contributed by atoms with van der Waals surface area (Å²) in [6.07, 6.45) is 0.776. The first-order valence-corrected chi connectivity index (χ1v) is 9.31. The maximum Gasteiger partial charge on any atom is 0.316 e. The van der Waals surface area contributed by atoms with E-state index in [9.17, 15) is 9.59 Å². The highest BCUT2D eigenvalue weighted by atomic mass is 32.2. The monoisotopic (exact) mass is 357 g/mol. The van der Waals surface area contributed by atoms with Crippen LogP contribution in [0.1, 0.15) is 18.1 Å². The van der Waals surface area contributed by atoms with Crippen molar-refractivity contribution in [3.05, 3.63) is 71.8 Å². The van der Waals surface area contributed by atoms with E-state index in [1.165, 1.54) is 5.56 Å². The molecule has 132 valence electrons. The summed E-state index contributed by atoms with van der Waals surface area (Å²) in [7, 11) is 0. The van der Waals surface area contributed by atoms with Gasteiger partial charge in [0.15, 0.2) is 0 Å². The van der Waals surface area contributed by atoms with Gasteiger partial charge in [0.1, 0.15) is 0 Å². The number of hydrogen-bond donors (Lipinski definition) is 1. The molecule has 0 aliphatic heterocycles. The fourth-order valence-corrected chi connectivity index (χ4v) is 3.08. The van der Waals surface area contributed by atoms with E-state index in [1.54, 1.807) is 6.92 Å². The second kappa shape index (κ2) is 9.89. The molecule has 2 aromatic rings. The minimum Gasteiger partial charge on any atom is -0.480 e. The molecule has 1 amide bonds. The number of nitrogens with zero attached hydrogens (tertiary/aromatic N) is 1. The third-order valence-electron chi connectivity index (χ3n) is 3.89. The topological polar surface area (TPSA) is 57.6 Å². The van der Waals surface area contributed by atoms with Crippen LogP contribution in [0, 0.1) is 0 Å². The molecule has 1 N–H and O–H groups in total. The summed E-state index contributed by atoms with van der Waals surface area (Å²) in [5.74, 6) is -0.746. The van der Waals surface area contributed by atoms with Gasteiger partial charge in [-0.1, -0.05) is 60.7 Å². The van der Waals surface area contributed by atoms with Crippen LogP contribution < -0.4 is 0 Å². The first kappa shape index (κ1) is 19.1. The Bertz CT molecular complexity index is 676. The molecule has 0 bridgehead atoms. The molecule has 0 saturated carbocycles. The van der Waals surface area contributed by atoms with E-state index in [-0.39, 0.29) is 11.7 Å². The Hall–Kier alpha value is -2.27. The van der Waals surface area contributed by atoms with Gasteiger partial charge in [-0.05, 0) is 24.5 Å². The number of carbonyl (C=O) groups excluding carboxylic acids is 1. The Morgan fingerprint density at radius 2 is 1.56 bits per heavy atom. The number of aliphatic carboxylic acids is 1. The van der Waals surface area contributed by atoms with Crippen LogP contribution in [-0.4, -0.2) is 39.4 Å². The van der Waals surface area contributed by atoms with E-state index in [2.05, 4.69) is 0 Å². The molecule has 5 heteroatoms. The van der Waals surface area contributed by atoms with Crippen LogP contribution in [0.4, 0.5) is 0 Å². The Kier molecular flexibility index (Phi) is 7.54. The lowest BCUT2D eigenvalue weighted by Crippen LogP contribution is -2.34. The molecule has 2 aromatic carbocycles. The summed E-state index contributed by atoms with van der Waals surface area (Å²) in [5, 5.41) is 8.39. The zero-order chi connectivity index (χ0) is 18.1. The maximum atomic E-state index is 12.6. The van der Waals surface area contributed by atoms with E-state index in [1.807, 2.05) is 65.6 Å². The average molecular weight is 357 g/mol. The molecule has 0 spiro atoms. The van der Waals surface area contributed by atoms with Crippen LogP contribution in [0.25, 0.3) is 0 Å². The maximum absolute atomic E-state index is 12.6. The quantitative estimate of drug-likeness (QED) is 0.747. The Labute approximate surface area is 152 Å². The molecule has 0 aliphatic carbocycles. The van der Waals surface area contributed by atoms with Crippen molar-refractivity contribution < 1.29 is 14.7 Å². The van der Waals surface area contributed by atoms with E-state index in [4.69, 9.17) is 5.11 Å². The van der Waals surface area contributed by atoms with E-state index in [0.717, 1.165) is 23.7 Å². The van der Waals surface area contributed by atoms with E-state index in [0.29, 0.717) is 13.1 Å². The number of rotatable bonds is 9. The molecule has 0 aromatic heterocycles. The number of carboxylic acid groups (broad SMARTS) is 1. The molecule has 1 atom stereocenters. The van der Waals surface area contributed by atoms with Crippen molar-refractivity contribution >= 4 is 23.6 Å². The van der Waals surface area contributed by atoms with Crippen LogP contribution >= 0.6 is 11.8 Å². The van der Waals surface area contributed by atoms with Gasteiger partial charge in [0.25, 0.3) is 0 Å². The number of hydrogen-bond acceptors (Lipinski definition) is 3. The highest BCUT2D eigenvalue weighted by Crippen LogP contribution is 2.14. The third-order valence-corrected chi connectivity index (χ3v) is 5.00. The van der Waals surface area contributed by atoms with E-state index < -0.39 is 11.2 Å². The van der Waals surface area contributed by atoms with Crippen molar-refractivity contribution in [2.24, 2.45) is 0 Å². The molecule has 0 aliphatic rings. The predicted octanol–water partition coefficient (Wildman–Crippen LogP) is 3.46. The van der Waals surface area contributed by atoms with Gasteiger partial charge in [-0.25, -0.2) is 0 Å². The molecule has 0 unspecified atom stereocenters. The lowest BCUT2D eigenvalue weighted by atomic mass is 10.1. The van der Waals surface area contributed by atoms with Gasteiger partial charge in [-0.3, -0.25) is 9.59 Å². The molecular weight excluding hydrogens is 334 g/mol. The minimum atomic E-state index is -0.892. The summed E-state index contributed by atoms with van der Waals surface area (Å²) in [4.78, 5) is 25.4. The molecular formula is C20H23NO3S. The third kappa shape index (κ3) is 6.63. The Morgan fingerprint density at radius 3 is 2.12 bits per heavy atom. The smallest absolute Gasteiger partial charge is 0.316 e. The first-order valence-electron chi connectivity index (χ1n) is 8.26. The van der Waals surface area contributed by atoms with Crippen LogP contribution in [0.3, 0.4) is 0 Å². The van der Waals surface area contributed by atoms with Crippen molar-refractivity contribution in [1.82, 2.24) is 4.90 Å². The molecule has 2 rings (SSSR count). The molecule has 4 nitrogen and oxygen atoms in total. The molecule has 25 heavy (non-hydrogen) atoms. The van der Waals surface area contributed by atoms with Crippen molar-refractivity contribution in [1.29, 1.82) is 0 Å². The van der Waals surface area contributed by atoms with Crippen molar-refractivity contribution in [2.75, 3.05) is 12.3 Å². The SMILES string of the molecule is C[C@H](SCC(=O)N(CCc1ccccc1)Cc1ccccc1)C(=O)O. The van der Waals surface area contributed by atoms with Gasteiger partial charge in [-0.2, -0.15) is 0 Å². The molecule has 0 saturated heterocycles. The summed E-state index contributed by atoms with van der Waals surface area (Å²) >= 11 is 1.16. The molecule has 0 radical (unpaired) electrons. The van der Waals surface area contributed by atoms with Crippen LogP contribution in [0.15, 0.2) is 60.7 Å². The fraction of sp³-hybridized carbons (Fsp3) is 0.300. The summed E-state index contributed by atoms with van der Waals surface area (Å²) < 4.78 is 0. The lowest BCUT2D eigenvalue weighted by molar-refractivity contribution is -0.136. The largest absolute Gasteiger partial charge is 0.480 e. The van der Waals surface area contributed by atoms with E-state index >= 15 is 0 Å². The minimum absolute atomic E-state index is 0.0297. The zero-order valence-corrected chi connectivity index (χ0v) is 15.1.